The summed E-state index contributed by atoms with van der Waals surface area (Å²) in [6.07, 6.45) is 3.58. The van der Waals surface area contributed by atoms with Crippen LogP contribution in [-0.4, -0.2) is 17.5 Å². The molecule has 1 aromatic carbocycles. The Bertz CT molecular complexity index is 296. The molecule has 0 amide bonds. The van der Waals surface area contributed by atoms with Gasteiger partial charge in [0.25, 0.3) is 0 Å². The molecule has 3 N–H and O–H groups in total. The Morgan fingerprint density at radius 1 is 1.38 bits per heavy atom. The minimum atomic E-state index is 0.482. The zero-order chi connectivity index (χ0) is 11.2. The molecule has 2 atom stereocenters. The number of nitrogens with one attached hydrogen (secondary N) is 1. The topological polar surface area (TPSA) is 38.0 Å². The molecular weight excluding hydrogens is 216 g/mol. The van der Waals surface area contributed by atoms with Gasteiger partial charge in [0.2, 0.25) is 0 Å². The van der Waals surface area contributed by atoms with E-state index in [-0.39, 0.29) is 0 Å². The van der Waals surface area contributed by atoms with Crippen LogP contribution in [0.25, 0.3) is 0 Å². The summed E-state index contributed by atoms with van der Waals surface area (Å²) >= 11 is 2.05. The molecule has 2 rings (SSSR count). The summed E-state index contributed by atoms with van der Waals surface area (Å²) in [6, 6.07) is 11.1. The van der Waals surface area contributed by atoms with Crippen LogP contribution in [0, 0.1) is 5.92 Å². The fourth-order valence-electron chi connectivity index (χ4n) is 2.29. The molecule has 0 aliphatic carbocycles. The summed E-state index contributed by atoms with van der Waals surface area (Å²) in [5.41, 5.74) is 4.41. The molecule has 1 fully saturated rings. The molecule has 0 saturated carbocycles. The molecule has 1 aliphatic heterocycles. The molecule has 3 heteroatoms. The van der Waals surface area contributed by atoms with E-state index in [2.05, 4.69) is 47.5 Å². The molecule has 1 heterocycles. The van der Waals surface area contributed by atoms with Gasteiger partial charge in [0.1, 0.15) is 0 Å². The molecule has 0 radical (unpaired) electrons. The van der Waals surface area contributed by atoms with Gasteiger partial charge in [-0.2, -0.15) is 11.8 Å². The zero-order valence-corrected chi connectivity index (χ0v) is 10.4. The van der Waals surface area contributed by atoms with E-state index in [1.807, 2.05) is 0 Å². The van der Waals surface area contributed by atoms with Gasteiger partial charge in [-0.1, -0.05) is 30.3 Å². The van der Waals surface area contributed by atoms with Gasteiger partial charge in [0.15, 0.2) is 0 Å². The highest BCUT2D eigenvalue weighted by atomic mass is 32.2. The number of hydrogen-bond donors (Lipinski definition) is 2. The van der Waals surface area contributed by atoms with Crippen LogP contribution in [0.15, 0.2) is 30.3 Å². The molecule has 0 aromatic heterocycles. The van der Waals surface area contributed by atoms with Crippen molar-refractivity contribution in [2.75, 3.05) is 11.5 Å². The Kier molecular flexibility index (Phi) is 4.69. The molecule has 2 unspecified atom stereocenters. The predicted molar refractivity (Wildman–Crippen MR) is 71.3 cm³/mol. The number of rotatable bonds is 5. The first-order valence-corrected chi connectivity index (χ1v) is 7.13. The van der Waals surface area contributed by atoms with Crippen LogP contribution in [0.4, 0.5) is 0 Å². The highest BCUT2D eigenvalue weighted by Crippen LogP contribution is 2.27. The maximum atomic E-state index is 5.66. The van der Waals surface area contributed by atoms with Crippen LogP contribution >= 0.6 is 11.8 Å². The van der Waals surface area contributed by atoms with Crippen LogP contribution < -0.4 is 11.3 Å². The lowest BCUT2D eigenvalue weighted by Gasteiger charge is -2.21. The summed E-state index contributed by atoms with van der Waals surface area (Å²) in [5.74, 6) is 8.99. The highest BCUT2D eigenvalue weighted by Gasteiger charge is 2.24. The van der Waals surface area contributed by atoms with Crippen LogP contribution in [0.3, 0.4) is 0 Å². The third kappa shape index (κ3) is 3.24. The van der Waals surface area contributed by atoms with Crippen LogP contribution in [-0.2, 0) is 6.42 Å². The second-order valence-electron chi connectivity index (χ2n) is 4.42. The van der Waals surface area contributed by atoms with Gasteiger partial charge >= 0.3 is 0 Å². The first kappa shape index (κ1) is 12.0. The Morgan fingerprint density at radius 3 is 2.81 bits per heavy atom. The average molecular weight is 236 g/mol. The molecule has 0 spiro atoms. The lowest BCUT2D eigenvalue weighted by molar-refractivity contribution is 0.368. The zero-order valence-electron chi connectivity index (χ0n) is 9.56. The first-order chi connectivity index (χ1) is 7.90. The normalized spacial score (nSPS) is 22.2. The average Bonchev–Trinajstić information content (AvgIpc) is 2.85. The van der Waals surface area contributed by atoms with Crippen LogP contribution in [0.5, 0.6) is 0 Å². The minimum Gasteiger partial charge on any atom is -0.271 e. The lowest BCUT2D eigenvalue weighted by atomic mass is 9.94. The Labute approximate surface area is 102 Å². The van der Waals surface area contributed by atoms with Gasteiger partial charge in [-0.3, -0.25) is 11.3 Å². The van der Waals surface area contributed by atoms with E-state index in [0.717, 1.165) is 18.8 Å². The van der Waals surface area contributed by atoms with E-state index < -0.39 is 0 Å². The Morgan fingerprint density at radius 2 is 2.19 bits per heavy atom. The highest BCUT2D eigenvalue weighted by molar-refractivity contribution is 7.99. The summed E-state index contributed by atoms with van der Waals surface area (Å²) in [7, 11) is 0. The van der Waals surface area contributed by atoms with E-state index in [1.165, 1.54) is 23.5 Å². The summed E-state index contributed by atoms with van der Waals surface area (Å²) in [5, 5.41) is 0. The van der Waals surface area contributed by atoms with E-state index in [9.17, 15) is 0 Å². The summed E-state index contributed by atoms with van der Waals surface area (Å²) in [6.45, 7) is 0. The molecule has 16 heavy (non-hydrogen) atoms. The number of nitrogens with two attached hydrogens (primary N) is 1. The fourth-order valence-corrected chi connectivity index (χ4v) is 3.63. The molecule has 88 valence electrons. The van der Waals surface area contributed by atoms with E-state index >= 15 is 0 Å². The van der Waals surface area contributed by atoms with Crippen molar-refractivity contribution in [2.45, 2.75) is 25.3 Å². The molecule has 1 saturated heterocycles. The van der Waals surface area contributed by atoms with Crippen molar-refractivity contribution < 1.29 is 0 Å². The lowest BCUT2D eigenvalue weighted by Crippen LogP contribution is -2.41. The number of thioether (sulfide) groups is 1. The minimum absolute atomic E-state index is 0.482. The molecule has 0 bridgehead atoms. The quantitative estimate of drug-likeness (QED) is 0.608. The first-order valence-electron chi connectivity index (χ1n) is 5.98. The van der Waals surface area contributed by atoms with Crippen molar-refractivity contribution in [3.8, 4) is 0 Å². The molecule has 2 nitrogen and oxygen atoms in total. The fraction of sp³-hybridized carbons (Fsp3) is 0.538. The SMILES string of the molecule is NNC(CCc1ccccc1)C1CCSC1. The Balaban J connectivity index is 1.83. The number of hydrogen-bond acceptors (Lipinski definition) is 3. The maximum Gasteiger partial charge on any atom is 0.0250 e. The number of hydrazine groups is 1. The van der Waals surface area contributed by atoms with Gasteiger partial charge < -0.3 is 0 Å². The number of benzene rings is 1. The van der Waals surface area contributed by atoms with Crippen LogP contribution in [0.2, 0.25) is 0 Å². The van der Waals surface area contributed by atoms with E-state index in [4.69, 9.17) is 5.84 Å². The van der Waals surface area contributed by atoms with E-state index in [0.29, 0.717) is 6.04 Å². The molecule has 1 aromatic rings. The van der Waals surface area contributed by atoms with Gasteiger partial charge in [-0.15, -0.1) is 0 Å². The number of aryl methyl sites for hydroxylation is 1. The summed E-state index contributed by atoms with van der Waals surface area (Å²) in [4.78, 5) is 0. The monoisotopic (exact) mass is 236 g/mol. The maximum absolute atomic E-state index is 5.66. The molecular formula is C13H20N2S. The van der Waals surface area contributed by atoms with Crippen molar-refractivity contribution in [2.24, 2.45) is 11.8 Å². The third-order valence-corrected chi connectivity index (χ3v) is 4.52. The van der Waals surface area contributed by atoms with Crippen molar-refractivity contribution in [1.29, 1.82) is 0 Å². The summed E-state index contributed by atoms with van der Waals surface area (Å²) < 4.78 is 0. The van der Waals surface area contributed by atoms with E-state index in [1.54, 1.807) is 0 Å². The third-order valence-electron chi connectivity index (χ3n) is 3.33. The largest absolute Gasteiger partial charge is 0.271 e. The van der Waals surface area contributed by atoms with Crippen molar-refractivity contribution in [3.05, 3.63) is 35.9 Å². The van der Waals surface area contributed by atoms with Crippen molar-refractivity contribution >= 4 is 11.8 Å². The standard InChI is InChI=1S/C13H20N2S/c14-15-13(12-8-9-16-10-12)7-6-11-4-2-1-3-5-11/h1-5,12-13,15H,6-10,14H2. The van der Waals surface area contributed by atoms with Gasteiger partial charge in [-0.05, 0) is 42.2 Å². The molecule has 1 aliphatic rings. The Hall–Kier alpha value is -0.510. The second-order valence-corrected chi connectivity index (χ2v) is 5.57. The van der Waals surface area contributed by atoms with Crippen molar-refractivity contribution in [1.82, 2.24) is 5.43 Å². The smallest absolute Gasteiger partial charge is 0.0250 e. The van der Waals surface area contributed by atoms with Gasteiger partial charge in [-0.25, -0.2) is 0 Å². The van der Waals surface area contributed by atoms with Gasteiger partial charge in [0, 0.05) is 6.04 Å². The van der Waals surface area contributed by atoms with Gasteiger partial charge in [0.05, 0.1) is 0 Å². The van der Waals surface area contributed by atoms with Crippen LogP contribution in [0.1, 0.15) is 18.4 Å². The second kappa shape index (κ2) is 6.28. The predicted octanol–water partition coefficient (Wildman–Crippen LogP) is 2.20. The van der Waals surface area contributed by atoms with Crippen molar-refractivity contribution in [3.63, 3.8) is 0 Å².